The second-order valence-electron chi connectivity index (χ2n) is 3.97. The van der Waals surface area contributed by atoms with Gasteiger partial charge in [-0.2, -0.15) is 0 Å². The minimum absolute atomic E-state index is 0.0509. The van der Waals surface area contributed by atoms with Gasteiger partial charge >= 0.3 is 0 Å². The lowest BCUT2D eigenvalue weighted by Crippen LogP contribution is -2.14. The smallest absolute Gasteiger partial charge is 0.289 e. The summed E-state index contributed by atoms with van der Waals surface area (Å²) in [6.07, 6.45) is 0. The third-order valence-electron chi connectivity index (χ3n) is 2.59. The SMILES string of the molecule is O=C(Nc1ccc(Cl)c([N+](=O)[O-])c1)c1c(F)cccc1Br. The van der Waals surface area contributed by atoms with Gasteiger partial charge in [0, 0.05) is 16.2 Å². The summed E-state index contributed by atoms with van der Waals surface area (Å²) in [5.41, 5.74) is -0.386. The molecule has 1 amide bonds. The summed E-state index contributed by atoms with van der Waals surface area (Å²) in [6.45, 7) is 0. The van der Waals surface area contributed by atoms with E-state index in [-0.39, 0.29) is 26.4 Å². The van der Waals surface area contributed by atoms with Crippen LogP contribution >= 0.6 is 27.5 Å². The third-order valence-corrected chi connectivity index (χ3v) is 3.57. The highest BCUT2D eigenvalue weighted by molar-refractivity contribution is 9.10. The molecule has 0 spiro atoms. The van der Waals surface area contributed by atoms with Crippen LogP contribution in [0.4, 0.5) is 15.8 Å². The number of carbonyl (C=O) groups is 1. The first-order valence-corrected chi connectivity index (χ1v) is 6.76. The summed E-state index contributed by atoms with van der Waals surface area (Å²) in [5.74, 6) is -1.43. The van der Waals surface area contributed by atoms with Crippen molar-refractivity contribution in [1.82, 2.24) is 0 Å². The molecule has 0 aromatic heterocycles. The van der Waals surface area contributed by atoms with Crippen molar-refractivity contribution in [3.63, 3.8) is 0 Å². The molecule has 2 aromatic rings. The largest absolute Gasteiger partial charge is 0.322 e. The number of amides is 1. The maximum atomic E-state index is 13.7. The van der Waals surface area contributed by atoms with E-state index in [4.69, 9.17) is 11.6 Å². The molecular weight excluding hydrogens is 367 g/mol. The molecule has 108 valence electrons. The first-order valence-electron chi connectivity index (χ1n) is 5.59. The van der Waals surface area contributed by atoms with Crippen LogP contribution in [0.3, 0.4) is 0 Å². The maximum absolute atomic E-state index is 13.7. The topological polar surface area (TPSA) is 72.2 Å². The van der Waals surface area contributed by atoms with Crippen molar-refractivity contribution in [1.29, 1.82) is 0 Å². The van der Waals surface area contributed by atoms with E-state index in [2.05, 4.69) is 21.2 Å². The minimum atomic E-state index is -0.725. The Balaban J connectivity index is 2.32. The van der Waals surface area contributed by atoms with Crippen LogP contribution in [0.5, 0.6) is 0 Å². The van der Waals surface area contributed by atoms with Gasteiger partial charge < -0.3 is 5.32 Å². The van der Waals surface area contributed by atoms with E-state index >= 15 is 0 Å². The molecule has 0 aliphatic rings. The molecule has 5 nitrogen and oxygen atoms in total. The number of carbonyl (C=O) groups excluding carboxylic acids is 1. The van der Waals surface area contributed by atoms with Crippen molar-refractivity contribution in [3.8, 4) is 0 Å². The Morgan fingerprint density at radius 3 is 2.67 bits per heavy atom. The van der Waals surface area contributed by atoms with Crippen molar-refractivity contribution in [2.45, 2.75) is 0 Å². The Morgan fingerprint density at radius 1 is 1.33 bits per heavy atom. The summed E-state index contributed by atoms with van der Waals surface area (Å²) in [4.78, 5) is 22.1. The number of nitro groups is 1. The van der Waals surface area contributed by atoms with E-state index in [0.29, 0.717) is 0 Å². The van der Waals surface area contributed by atoms with Crippen molar-refractivity contribution >= 4 is 44.8 Å². The number of nitrogens with one attached hydrogen (secondary N) is 1. The molecule has 0 unspecified atom stereocenters. The Kier molecular flexibility index (Phi) is 4.54. The van der Waals surface area contributed by atoms with Crippen LogP contribution < -0.4 is 5.32 Å². The molecule has 0 aliphatic carbocycles. The molecule has 2 aromatic carbocycles. The highest BCUT2D eigenvalue weighted by atomic mass is 79.9. The zero-order chi connectivity index (χ0) is 15.6. The highest BCUT2D eigenvalue weighted by Gasteiger charge is 2.18. The van der Waals surface area contributed by atoms with Crippen molar-refractivity contribution < 1.29 is 14.1 Å². The fourth-order valence-electron chi connectivity index (χ4n) is 1.64. The fourth-order valence-corrected chi connectivity index (χ4v) is 2.35. The lowest BCUT2D eigenvalue weighted by Gasteiger charge is -2.08. The number of hydrogen-bond acceptors (Lipinski definition) is 3. The average Bonchev–Trinajstić information content (AvgIpc) is 2.40. The Labute approximate surface area is 132 Å². The predicted octanol–water partition coefficient (Wildman–Crippen LogP) is 4.40. The van der Waals surface area contributed by atoms with E-state index in [1.54, 1.807) is 0 Å². The van der Waals surface area contributed by atoms with Gasteiger partial charge in [0.05, 0.1) is 10.5 Å². The molecule has 0 fully saturated rings. The zero-order valence-corrected chi connectivity index (χ0v) is 12.6. The molecular formula is C13H7BrClFN2O3. The average molecular weight is 374 g/mol. The van der Waals surface area contributed by atoms with Gasteiger partial charge in [-0.1, -0.05) is 17.7 Å². The van der Waals surface area contributed by atoms with Gasteiger partial charge in [-0.05, 0) is 40.2 Å². The molecule has 0 aliphatic heterocycles. The van der Waals surface area contributed by atoms with Crippen LogP contribution in [0, 0.1) is 15.9 Å². The number of benzene rings is 2. The lowest BCUT2D eigenvalue weighted by atomic mass is 10.2. The number of nitro benzene ring substituents is 1. The van der Waals surface area contributed by atoms with E-state index in [1.807, 2.05) is 0 Å². The maximum Gasteiger partial charge on any atom is 0.289 e. The quantitative estimate of drug-likeness (QED) is 0.640. The number of anilines is 1. The highest BCUT2D eigenvalue weighted by Crippen LogP contribution is 2.28. The van der Waals surface area contributed by atoms with Gasteiger partial charge in [-0.3, -0.25) is 14.9 Å². The van der Waals surface area contributed by atoms with Gasteiger partial charge in [-0.25, -0.2) is 4.39 Å². The van der Waals surface area contributed by atoms with Crippen LogP contribution in [0.15, 0.2) is 40.9 Å². The number of halogens is 3. The summed E-state index contributed by atoms with van der Waals surface area (Å²) in [7, 11) is 0. The number of hydrogen-bond donors (Lipinski definition) is 1. The zero-order valence-electron chi connectivity index (χ0n) is 10.3. The van der Waals surface area contributed by atoms with E-state index in [9.17, 15) is 19.3 Å². The molecule has 0 bridgehead atoms. The van der Waals surface area contributed by atoms with Crippen molar-refractivity contribution in [2.75, 3.05) is 5.32 Å². The van der Waals surface area contributed by atoms with Gasteiger partial charge in [-0.15, -0.1) is 0 Å². The number of nitrogens with zero attached hydrogens (tertiary/aromatic N) is 1. The van der Waals surface area contributed by atoms with Gasteiger partial charge in [0.1, 0.15) is 10.8 Å². The molecule has 1 N–H and O–H groups in total. The number of rotatable bonds is 3. The normalized spacial score (nSPS) is 10.2. The third kappa shape index (κ3) is 3.37. The van der Waals surface area contributed by atoms with E-state index in [1.165, 1.54) is 24.3 Å². The standard InChI is InChI=1S/C13H7BrClFN2O3/c14-8-2-1-3-10(16)12(8)13(19)17-7-4-5-9(15)11(6-7)18(20)21/h1-6H,(H,17,19). The molecule has 0 radical (unpaired) electrons. The summed E-state index contributed by atoms with van der Waals surface area (Å²) in [6, 6.07) is 7.89. The molecule has 0 atom stereocenters. The van der Waals surface area contributed by atoms with E-state index in [0.717, 1.165) is 12.1 Å². The van der Waals surface area contributed by atoms with E-state index < -0.39 is 16.6 Å². The minimum Gasteiger partial charge on any atom is -0.322 e. The van der Waals surface area contributed by atoms with Crippen LogP contribution in [0.25, 0.3) is 0 Å². The Hall–Kier alpha value is -1.99. The molecule has 0 saturated carbocycles. The first kappa shape index (κ1) is 15.4. The monoisotopic (exact) mass is 372 g/mol. The first-order chi connectivity index (χ1) is 9.90. The molecule has 21 heavy (non-hydrogen) atoms. The molecule has 2 rings (SSSR count). The Bertz CT molecular complexity index is 719. The van der Waals surface area contributed by atoms with Gasteiger partial charge in [0.25, 0.3) is 11.6 Å². The van der Waals surface area contributed by atoms with Crippen molar-refractivity contribution in [3.05, 3.63) is 67.4 Å². The summed E-state index contributed by atoms with van der Waals surface area (Å²) >= 11 is 8.75. The Morgan fingerprint density at radius 2 is 2.05 bits per heavy atom. The molecule has 0 heterocycles. The fraction of sp³-hybridized carbons (Fsp3) is 0. The molecule has 0 saturated heterocycles. The van der Waals surface area contributed by atoms with Gasteiger partial charge in [0.15, 0.2) is 0 Å². The second-order valence-corrected chi connectivity index (χ2v) is 5.24. The predicted molar refractivity (Wildman–Crippen MR) is 80.2 cm³/mol. The van der Waals surface area contributed by atoms with Crippen LogP contribution in [-0.4, -0.2) is 10.8 Å². The van der Waals surface area contributed by atoms with Crippen LogP contribution in [-0.2, 0) is 0 Å². The van der Waals surface area contributed by atoms with Gasteiger partial charge in [0.2, 0.25) is 0 Å². The van der Waals surface area contributed by atoms with Crippen LogP contribution in [0.1, 0.15) is 10.4 Å². The second kappa shape index (κ2) is 6.19. The summed E-state index contributed by atoms with van der Waals surface area (Å²) < 4.78 is 13.9. The lowest BCUT2D eigenvalue weighted by molar-refractivity contribution is -0.384. The molecule has 8 heteroatoms. The summed E-state index contributed by atoms with van der Waals surface area (Å²) in [5, 5.41) is 13.1. The van der Waals surface area contributed by atoms with Crippen LogP contribution in [0.2, 0.25) is 5.02 Å². The van der Waals surface area contributed by atoms with Crippen molar-refractivity contribution in [2.24, 2.45) is 0 Å².